The van der Waals surface area contributed by atoms with E-state index in [9.17, 15) is 9.18 Å². The zero-order valence-electron chi connectivity index (χ0n) is 10.2. The van der Waals surface area contributed by atoms with Gasteiger partial charge < -0.3 is 10.4 Å². The minimum atomic E-state index is -1.32. The van der Waals surface area contributed by atoms with Crippen LogP contribution in [0.15, 0.2) is 30.7 Å². The van der Waals surface area contributed by atoms with Gasteiger partial charge in [0.25, 0.3) is 0 Å². The van der Waals surface area contributed by atoms with Gasteiger partial charge in [-0.25, -0.2) is 14.2 Å². The van der Waals surface area contributed by atoms with Crippen LogP contribution < -0.4 is 5.32 Å². The number of aromatic nitrogens is 2. The van der Waals surface area contributed by atoms with E-state index in [4.69, 9.17) is 5.11 Å². The Morgan fingerprint density at radius 1 is 1.42 bits per heavy atom. The minimum absolute atomic E-state index is 0.0730. The lowest BCUT2D eigenvalue weighted by Crippen LogP contribution is -2.09. The summed E-state index contributed by atoms with van der Waals surface area (Å²) < 4.78 is 13.8. The SMILES string of the molecule is Cc1cnccc1CNc1nccc(C(=O)O)c1F. The van der Waals surface area contributed by atoms with Gasteiger partial charge in [-0.2, -0.15) is 0 Å². The maximum Gasteiger partial charge on any atom is 0.338 e. The van der Waals surface area contributed by atoms with Gasteiger partial charge in [0.1, 0.15) is 5.56 Å². The molecule has 5 nitrogen and oxygen atoms in total. The Bertz CT molecular complexity index is 617. The van der Waals surface area contributed by atoms with Gasteiger partial charge in [-0.3, -0.25) is 4.98 Å². The number of hydrogen-bond donors (Lipinski definition) is 2. The molecule has 19 heavy (non-hydrogen) atoms. The fourth-order valence-electron chi connectivity index (χ4n) is 1.61. The first-order valence-electron chi connectivity index (χ1n) is 5.60. The summed E-state index contributed by atoms with van der Waals surface area (Å²) in [7, 11) is 0. The molecular weight excluding hydrogens is 249 g/mol. The molecule has 0 aliphatic carbocycles. The molecule has 0 aliphatic rings. The van der Waals surface area contributed by atoms with Crippen molar-refractivity contribution in [2.24, 2.45) is 0 Å². The van der Waals surface area contributed by atoms with Crippen LogP contribution in [0.3, 0.4) is 0 Å². The van der Waals surface area contributed by atoms with Crippen LogP contribution in [0.25, 0.3) is 0 Å². The van der Waals surface area contributed by atoms with Gasteiger partial charge in [-0.15, -0.1) is 0 Å². The Kier molecular flexibility index (Phi) is 3.70. The third-order valence-electron chi connectivity index (χ3n) is 2.70. The van der Waals surface area contributed by atoms with Crippen molar-refractivity contribution >= 4 is 11.8 Å². The Morgan fingerprint density at radius 2 is 2.21 bits per heavy atom. The average molecular weight is 261 g/mol. The van der Waals surface area contributed by atoms with Crippen molar-refractivity contribution in [3.05, 3.63) is 53.2 Å². The van der Waals surface area contributed by atoms with Gasteiger partial charge in [0.2, 0.25) is 0 Å². The topological polar surface area (TPSA) is 75.1 Å². The number of nitrogens with one attached hydrogen (secondary N) is 1. The number of halogens is 1. The van der Waals surface area contributed by atoms with E-state index >= 15 is 0 Å². The summed E-state index contributed by atoms with van der Waals surface area (Å²) in [6.45, 7) is 2.24. The summed E-state index contributed by atoms with van der Waals surface area (Å²) in [5.41, 5.74) is 1.51. The first-order valence-corrected chi connectivity index (χ1v) is 5.60. The van der Waals surface area contributed by atoms with Crippen LogP contribution in [0.2, 0.25) is 0 Å². The summed E-state index contributed by atoms with van der Waals surface area (Å²) in [6, 6.07) is 2.93. The van der Waals surface area contributed by atoms with E-state index in [1.165, 1.54) is 6.20 Å². The predicted octanol–water partition coefficient (Wildman–Crippen LogP) is 2.23. The monoisotopic (exact) mass is 261 g/mol. The molecule has 0 bridgehead atoms. The van der Waals surface area contributed by atoms with Crippen LogP contribution in [0, 0.1) is 12.7 Å². The lowest BCUT2D eigenvalue weighted by Gasteiger charge is -2.09. The maximum absolute atomic E-state index is 13.8. The number of aryl methyl sites for hydroxylation is 1. The number of carbonyl (C=O) groups is 1. The normalized spacial score (nSPS) is 10.2. The molecule has 98 valence electrons. The zero-order chi connectivity index (χ0) is 13.8. The van der Waals surface area contributed by atoms with E-state index < -0.39 is 17.3 Å². The third kappa shape index (κ3) is 2.85. The standard InChI is InChI=1S/C13H12FN3O2/c1-8-6-15-4-2-9(8)7-17-12-11(14)10(13(18)19)3-5-16-12/h2-6H,7H2,1H3,(H,16,17)(H,18,19). The molecule has 0 aliphatic heterocycles. The quantitative estimate of drug-likeness (QED) is 0.882. The Labute approximate surface area is 109 Å². The molecule has 2 aromatic heterocycles. The van der Waals surface area contributed by atoms with Crippen molar-refractivity contribution < 1.29 is 14.3 Å². The number of carboxylic acids is 1. The number of rotatable bonds is 4. The van der Waals surface area contributed by atoms with E-state index in [1.807, 2.05) is 6.92 Å². The summed E-state index contributed by atoms with van der Waals surface area (Å²) in [4.78, 5) is 18.6. The molecule has 2 rings (SSSR count). The second-order valence-corrected chi connectivity index (χ2v) is 3.98. The molecule has 2 aromatic rings. The second kappa shape index (κ2) is 5.43. The van der Waals surface area contributed by atoms with Gasteiger partial charge in [0.15, 0.2) is 11.6 Å². The number of pyridine rings is 2. The Hall–Kier alpha value is -2.50. The van der Waals surface area contributed by atoms with Crippen molar-refractivity contribution in [3.63, 3.8) is 0 Å². The van der Waals surface area contributed by atoms with Crippen molar-refractivity contribution in [1.29, 1.82) is 0 Å². The highest BCUT2D eigenvalue weighted by atomic mass is 19.1. The molecular formula is C13H12FN3O2. The maximum atomic E-state index is 13.8. The van der Waals surface area contributed by atoms with E-state index in [1.54, 1.807) is 18.5 Å². The second-order valence-electron chi connectivity index (χ2n) is 3.98. The van der Waals surface area contributed by atoms with Gasteiger partial charge in [0, 0.05) is 25.1 Å². The predicted molar refractivity (Wildman–Crippen MR) is 67.5 cm³/mol. The minimum Gasteiger partial charge on any atom is -0.478 e. The number of nitrogens with zero attached hydrogens (tertiary/aromatic N) is 2. The molecule has 6 heteroatoms. The van der Waals surface area contributed by atoms with E-state index in [0.717, 1.165) is 17.2 Å². The highest BCUT2D eigenvalue weighted by molar-refractivity contribution is 5.88. The molecule has 0 fully saturated rings. The molecule has 0 aromatic carbocycles. The van der Waals surface area contributed by atoms with Crippen molar-refractivity contribution in [2.75, 3.05) is 5.32 Å². The highest BCUT2D eigenvalue weighted by Gasteiger charge is 2.14. The van der Waals surface area contributed by atoms with Gasteiger partial charge in [0.05, 0.1) is 0 Å². The summed E-state index contributed by atoms with van der Waals surface area (Å²) in [5, 5.41) is 11.6. The fourth-order valence-corrected chi connectivity index (χ4v) is 1.61. The van der Waals surface area contributed by atoms with Crippen LogP contribution in [0.5, 0.6) is 0 Å². The van der Waals surface area contributed by atoms with E-state index in [2.05, 4.69) is 15.3 Å². The average Bonchev–Trinajstić information content (AvgIpc) is 2.39. The molecule has 0 amide bonds. The lowest BCUT2D eigenvalue weighted by molar-refractivity contribution is 0.0692. The number of anilines is 1. The third-order valence-corrected chi connectivity index (χ3v) is 2.70. The van der Waals surface area contributed by atoms with Crippen LogP contribution in [-0.4, -0.2) is 21.0 Å². The Morgan fingerprint density at radius 3 is 2.89 bits per heavy atom. The molecule has 2 N–H and O–H groups in total. The number of hydrogen-bond acceptors (Lipinski definition) is 4. The first-order chi connectivity index (χ1) is 9.09. The lowest BCUT2D eigenvalue weighted by atomic mass is 10.1. The highest BCUT2D eigenvalue weighted by Crippen LogP contribution is 2.16. The summed E-state index contributed by atoms with van der Waals surface area (Å²) >= 11 is 0. The molecule has 0 saturated heterocycles. The zero-order valence-corrected chi connectivity index (χ0v) is 10.2. The molecule has 0 atom stereocenters. The van der Waals surface area contributed by atoms with Crippen LogP contribution in [-0.2, 0) is 6.54 Å². The van der Waals surface area contributed by atoms with Crippen LogP contribution >= 0.6 is 0 Å². The van der Waals surface area contributed by atoms with E-state index in [0.29, 0.717) is 6.54 Å². The molecule has 0 radical (unpaired) electrons. The van der Waals surface area contributed by atoms with E-state index in [-0.39, 0.29) is 5.82 Å². The summed E-state index contributed by atoms with van der Waals surface area (Å²) in [5.74, 6) is -2.25. The van der Waals surface area contributed by atoms with Crippen LogP contribution in [0.4, 0.5) is 10.2 Å². The molecule has 0 saturated carbocycles. The Balaban J connectivity index is 2.19. The van der Waals surface area contributed by atoms with Gasteiger partial charge >= 0.3 is 5.97 Å². The largest absolute Gasteiger partial charge is 0.478 e. The fraction of sp³-hybridized carbons (Fsp3) is 0.154. The number of aromatic carboxylic acids is 1. The van der Waals surface area contributed by atoms with Gasteiger partial charge in [-0.05, 0) is 30.2 Å². The summed E-state index contributed by atoms with van der Waals surface area (Å²) in [6.07, 6.45) is 4.60. The number of carboxylic acid groups (broad SMARTS) is 1. The smallest absolute Gasteiger partial charge is 0.338 e. The van der Waals surface area contributed by atoms with Crippen molar-refractivity contribution in [2.45, 2.75) is 13.5 Å². The first kappa shape index (κ1) is 12.9. The van der Waals surface area contributed by atoms with Gasteiger partial charge in [-0.1, -0.05) is 0 Å². The molecule has 0 unspecified atom stereocenters. The molecule has 2 heterocycles. The van der Waals surface area contributed by atoms with Crippen molar-refractivity contribution in [1.82, 2.24) is 9.97 Å². The van der Waals surface area contributed by atoms with Crippen LogP contribution in [0.1, 0.15) is 21.5 Å². The molecule has 0 spiro atoms. The van der Waals surface area contributed by atoms with Crippen molar-refractivity contribution in [3.8, 4) is 0 Å².